The molecule has 3 nitrogen and oxygen atoms in total. The molecule has 0 aliphatic heterocycles. The first-order chi connectivity index (χ1) is 26.7. The third-order valence-corrected chi connectivity index (χ3v) is 21.5. The first-order valence-electron chi connectivity index (χ1n) is 19.5. The molecule has 0 N–H and O–H groups in total. The molecule has 55 heavy (non-hydrogen) atoms. The van der Waals surface area contributed by atoms with Gasteiger partial charge in [0.1, 0.15) is 0 Å². The average molecular weight is 882 g/mol. The molecule has 0 aromatic heterocycles. The van der Waals surface area contributed by atoms with E-state index in [0.29, 0.717) is 23.7 Å². The normalized spacial score (nSPS) is 11.7. The fourth-order valence-corrected chi connectivity index (χ4v) is 21.8. The van der Waals surface area contributed by atoms with Crippen molar-refractivity contribution in [3.63, 3.8) is 0 Å². The summed E-state index contributed by atoms with van der Waals surface area (Å²) in [6.07, 6.45) is 0. The Bertz CT molecular complexity index is 1800. The molecule has 4 radical (unpaired) electrons. The van der Waals surface area contributed by atoms with Gasteiger partial charge in [0, 0.05) is 0 Å². The van der Waals surface area contributed by atoms with Crippen molar-refractivity contribution in [2.75, 3.05) is 7.26 Å². The molecule has 0 saturated heterocycles. The number of anilines is 2. The zero-order valence-electron chi connectivity index (χ0n) is 33.5. The zero-order chi connectivity index (χ0) is 38.9. The molecule has 280 valence electrons. The van der Waals surface area contributed by atoms with Gasteiger partial charge in [0.05, 0.1) is 0 Å². The van der Waals surface area contributed by atoms with Gasteiger partial charge in [-0.3, -0.25) is 0 Å². The van der Waals surface area contributed by atoms with Crippen molar-refractivity contribution >= 4 is 80.7 Å². The molecule has 0 spiro atoms. The van der Waals surface area contributed by atoms with Crippen LogP contribution in [0.2, 0.25) is 0 Å². The van der Waals surface area contributed by atoms with Crippen LogP contribution in [0.4, 0.5) is 11.4 Å². The van der Waals surface area contributed by atoms with Crippen LogP contribution < -0.4 is 28.5 Å². The molecule has 6 aromatic rings. The first-order valence-corrected chi connectivity index (χ1v) is 25.7. The van der Waals surface area contributed by atoms with Crippen molar-refractivity contribution in [3.05, 3.63) is 180 Å². The molecule has 6 aromatic carbocycles. The predicted molar refractivity (Wildman–Crippen MR) is 245 cm³/mol. The monoisotopic (exact) mass is 884 g/mol. The van der Waals surface area contributed by atoms with E-state index in [4.69, 9.17) is 2.79 Å². The van der Waals surface area contributed by atoms with E-state index in [1.54, 1.807) is 0 Å². The maximum absolute atomic E-state index is 7.59. The quantitative estimate of drug-likeness (QED) is 0.0711. The van der Waals surface area contributed by atoms with Crippen LogP contribution in [0.3, 0.4) is 0 Å². The Morgan fingerprint density at radius 3 is 0.800 bits per heavy atom. The number of benzene rings is 6. The summed E-state index contributed by atoms with van der Waals surface area (Å²) in [5, 5.41) is 5.40. The van der Waals surface area contributed by atoms with Crippen LogP contribution in [0, 0.1) is 0 Å². The molecule has 0 bridgehead atoms. The summed E-state index contributed by atoms with van der Waals surface area (Å²) in [6.45, 7) is 18.7. The average Bonchev–Trinajstić information content (AvgIpc) is 3.20. The second-order valence-electron chi connectivity index (χ2n) is 15.1. The van der Waals surface area contributed by atoms with Crippen LogP contribution in [0.25, 0.3) is 0 Å². The molecule has 0 heterocycles. The van der Waals surface area contributed by atoms with E-state index < -0.39 is 48.1 Å². The van der Waals surface area contributed by atoms with Crippen molar-refractivity contribution in [1.29, 1.82) is 0 Å². The molecule has 0 fully saturated rings. The van der Waals surface area contributed by atoms with Crippen molar-refractivity contribution in [3.8, 4) is 0 Å². The SMILES string of the molecule is CC(C)c1cccc(C(C)C)c1[N]([Ge][O][Ge][N](c1c(C(C)C)cccc1C(C)C)P(c1ccccc1)c1ccccc1)P(c1ccccc1)c1ccccc1. The Morgan fingerprint density at radius 1 is 0.345 bits per heavy atom. The third kappa shape index (κ3) is 9.87. The van der Waals surface area contributed by atoms with Gasteiger partial charge in [0.15, 0.2) is 0 Å². The minimum absolute atomic E-state index is 0.370. The topological polar surface area (TPSA) is 15.7 Å². The van der Waals surface area contributed by atoms with Gasteiger partial charge < -0.3 is 0 Å². The van der Waals surface area contributed by atoms with Crippen LogP contribution in [0.15, 0.2) is 158 Å². The van der Waals surface area contributed by atoms with Gasteiger partial charge in [-0.25, -0.2) is 0 Å². The van der Waals surface area contributed by atoms with Crippen LogP contribution in [0.1, 0.15) is 101 Å². The molecule has 7 heteroatoms. The van der Waals surface area contributed by atoms with Crippen molar-refractivity contribution in [2.24, 2.45) is 0 Å². The molecule has 0 atom stereocenters. The number of hydrogen-bond donors (Lipinski definition) is 0. The number of para-hydroxylation sites is 2. The summed E-state index contributed by atoms with van der Waals surface area (Å²) in [7, 11) is -1.85. The third-order valence-electron chi connectivity index (χ3n) is 9.78. The molecular weight excluding hydrogens is 828 g/mol. The Morgan fingerprint density at radius 2 is 0.582 bits per heavy atom. The van der Waals surface area contributed by atoms with Crippen molar-refractivity contribution < 1.29 is 2.79 Å². The number of nitrogens with zero attached hydrogens (tertiary/aromatic N) is 2. The van der Waals surface area contributed by atoms with Gasteiger partial charge >= 0.3 is 350 Å². The molecule has 0 amide bonds. The van der Waals surface area contributed by atoms with E-state index in [-0.39, 0.29) is 0 Å². The van der Waals surface area contributed by atoms with Crippen LogP contribution in [0.5, 0.6) is 0 Å². The maximum atomic E-state index is 7.59. The summed E-state index contributed by atoms with van der Waals surface area (Å²) >= 11 is -2.30. The van der Waals surface area contributed by atoms with Crippen molar-refractivity contribution in [2.45, 2.75) is 79.1 Å². The second-order valence-corrected chi connectivity index (χ2v) is 26.1. The predicted octanol–water partition coefficient (Wildman–Crippen LogP) is 11.7. The molecule has 0 aliphatic rings. The molecular formula is C48H54Ge2N2OP2. The summed E-state index contributed by atoms with van der Waals surface area (Å²) in [5.74, 6) is 1.48. The fraction of sp³-hybridized carbons (Fsp3) is 0.250. The Balaban J connectivity index is 1.55. The van der Waals surface area contributed by atoms with Gasteiger partial charge in [0.25, 0.3) is 0 Å². The van der Waals surface area contributed by atoms with Crippen molar-refractivity contribution in [1.82, 2.24) is 0 Å². The molecule has 0 aliphatic carbocycles. The standard InChI is InChI=1S/C48H54Ge2N2OP2/c1-35(2)43-31-21-32-44(36(3)4)47(43)51(54(39-23-13-9-14-24-39)40-25-15-10-16-26-40)49-53-50-52(48-45(37(5)6)33-22-34-46(48)38(7)8)55(41-27-17-11-18-28-41)42-29-19-12-20-30-42/h9-38H,1-8H3. The van der Waals surface area contributed by atoms with Crippen LogP contribution >= 0.6 is 16.1 Å². The van der Waals surface area contributed by atoms with Gasteiger partial charge in [0.2, 0.25) is 0 Å². The van der Waals surface area contributed by atoms with Gasteiger partial charge in [-0.15, -0.1) is 0 Å². The van der Waals surface area contributed by atoms with E-state index in [9.17, 15) is 0 Å². The summed E-state index contributed by atoms with van der Waals surface area (Å²) in [5.41, 5.74) is 8.36. The minimum atomic E-state index is -1.15. The molecule has 0 unspecified atom stereocenters. The number of rotatable bonds is 16. The Labute approximate surface area is 347 Å². The zero-order valence-corrected chi connectivity index (χ0v) is 39.5. The van der Waals surface area contributed by atoms with Crippen LogP contribution in [-0.4, -0.2) is 32.0 Å². The Kier molecular flexibility index (Phi) is 14.9. The first kappa shape index (κ1) is 41.5. The number of hydrogen-bond acceptors (Lipinski definition) is 3. The van der Waals surface area contributed by atoms with Gasteiger partial charge in [-0.05, 0) is 0 Å². The Hall–Kier alpha value is -3.17. The van der Waals surface area contributed by atoms with E-state index in [0.717, 1.165) is 0 Å². The molecule has 6 rings (SSSR count). The van der Waals surface area contributed by atoms with E-state index in [1.165, 1.54) is 54.8 Å². The van der Waals surface area contributed by atoms with E-state index in [1.807, 2.05) is 0 Å². The van der Waals surface area contributed by atoms with Crippen LogP contribution in [-0.2, 0) is 2.79 Å². The summed E-state index contributed by atoms with van der Waals surface area (Å²) in [6, 6.07) is 58.7. The second kappa shape index (κ2) is 19.8. The summed E-state index contributed by atoms with van der Waals surface area (Å²) in [4.78, 5) is 0. The van der Waals surface area contributed by atoms with Gasteiger partial charge in [-0.1, -0.05) is 0 Å². The fourth-order valence-electron chi connectivity index (χ4n) is 7.03. The van der Waals surface area contributed by atoms with E-state index >= 15 is 0 Å². The molecule has 0 saturated carbocycles. The summed E-state index contributed by atoms with van der Waals surface area (Å²) < 4.78 is 13.1. The van der Waals surface area contributed by atoms with E-state index in [2.05, 4.69) is 220 Å². The van der Waals surface area contributed by atoms with Gasteiger partial charge in [-0.2, -0.15) is 0 Å².